The first-order valence-electron chi connectivity index (χ1n) is 9.79. The van der Waals surface area contributed by atoms with Gasteiger partial charge in [-0.25, -0.2) is 0 Å². The molecular weight excluding hydrogens is 481 g/mol. The number of ketones is 2. The van der Waals surface area contributed by atoms with Crippen molar-refractivity contribution in [2.75, 3.05) is 0 Å². The molecule has 0 spiro atoms. The van der Waals surface area contributed by atoms with Gasteiger partial charge in [-0.15, -0.1) is 22.7 Å². The second-order valence-electron chi connectivity index (χ2n) is 7.66. The van der Waals surface area contributed by atoms with Crippen molar-refractivity contribution in [3.63, 3.8) is 0 Å². The molecule has 0 aliphatic heterocycles. The predicted octanol–water partition coefficient (Wildman–Crippen LogP) is 7.89. The fraction of sp³-hybridized carbons (Fsp3) is 0.0400. The largest absolute Gasteiger partial charge is 0.342 e. The van der Waals surface area contributed by atoms with Gasteiger partial charge in [-0.3, -0.25) is 9.59 Å². The molecule has 3 nitrogen and oxygen atoms in total. The molecule has 0 amide bonds. The minimum absolute atomic E-state index is 0.148. The smallest absolute Gasteiger partial charge is 0.197 e. The molecule has 156 valence electrons. The molecule has 7 heteroatoms. The van der Waals surface area contributed by atoms with Crippen LogP contribution in [-0.2, 0) is 7.05 Å². The van der Waals surface area contributed by atoms with Crippen molar-refractivity contribution in [2.24, 2.45) is 7.05 Å². The van der Waals surface area contributed by atoms with E-state index in [9.17, 15) is 9.59 Å². The summed E-state index contributed by atoms with van der Waals surface area (Å²) in [4.78, 5) is 27.7. The third-order valence-electron chi connectivity index (χ3n) is 5.75. The Kier molecular flexibility index (Phi) is 4.46. The summed E-state index contributed by atoms with van der Waals surface area (Å²) in [6.45, 7) is 0. The van der Waals surface area contributed by atoms with E-state index in [0.717, 1.165) is 20.8 Å². The van der Waals surface area contributed by atoms with Crippen LogP contribution in [0.4, 0.5) is 0 Å². The summed E-state index contributed by atoms with van der Waals surface area (Å²) in [5.41, 5.74) is 2.98. The highest BCUT2D eigenvalue weighted by Crippen LogP contribution is 2.40. The lowest BCUT2D eigenvalue weighted by molar-refractivity contribution is 0.0990. The molecule has 0 N–H and O–H groups in total. The molecule has 6 rings (SSSR count). The van der Waals surface area contributed by atoms with Gasteiger partial charge in [0.25, 0.3) is 0 Å². The average Bonchev–Trinajstić information content (AvgIpc) is 3.50. The minimum Gasteiger partial charge on any atom is -0.342 e. The summed E-state index contributed by atoms with van der Waals surface area (Å²) in [7, 11) is 2.04. The Balaban J connectivity index is 1.40. The number of nitrogens with zero attached hydrogens (tertiary/aromatic N) is 1. The SMILES string of the molecule is Cn1c(-c2cc3ccccc3s2)cc2sc(C=C3C(=O)c4cc(Cl)c(Cl)cc4C3=O)cc21. The maximum Gasteiger partial charge on any atom is 0.197 e. The highest BCUT2D eigenvalue weighted by molar-refractivity contribution is 7.22. The molecular formula is C25H13Cl2NO2S2. The van der Waals surface area contributed by atoms with Crippen LogP contribution < -0.4 is 0 Å². The van der Waals surface area contributed by atoms with Crippen LogP contribution in [0.5, 0.6) is 0 Å². The molecule has 3 aromatic heterocycles. The second kappa shape index (κ2) is 7.15. The number of aromatic nitrogens is 1. The zero-order valence-electron chi connectivity index (χ0n) is 16.6. The number of halogens is 2. The van der Waals surface area contributed by atoms with Crippen LogP contribution in [0, 0.1) is 0 Å². The zero-order chi connectivity index (χ0) is 22.1. The van der Waals surface area contributed by atoms with E-state index in [-0.39, 0.29) is 27.2 Å². The van der Waals surface area contributed by atoms with E-state index in [4.69, 9.17) is 23.2 Å². The number of hydrogen-bond acceptors (Lipinski definition) is 4. The van der Waals surface area contributed by atoms with Gasteiger partial charge in [0.2, 0.25) is 0 Å². The fourth-order valence-corrected chi connectivity index (χ4v) is 6.65. The van der Waals surface area contributed by atoms with Crippen molar-refractivity contribution >= 4 is 83.8 Å². The standard InChI is InChI=1S/C25H13Cl2NO2S2/c1-28-19-8-13(7-16-24(29)14-9-17(26)18(27)10-15(14)25(16)30)31-23(19)11-20(28)22-6-12-4-2-3-5-21(12)32-22/h2-11H,1H3. The normalized spacial score (nSPS) is 13.5. The molecule has 32 heavy (non-hydrogen) atoms. The van der Waals surface area contributed by atoms with E-state index in [1.807, 2.05) is 19.2 Å². The van der Waals surface area contributed by atoms with E-state index in [1.165, 1.54) is 27.1 Å². The number of hydrogen-bond donors (Lipinski definition) is 0. The van der Waals surface area contributed by atoms with Crippen LogP contribution in [0.15, 0.2) is 60.2 Å². The Morgan fingerprint density at radius 1 is 0.844 bits per heavy atom. The summed E-state index contributed by atoms with van der Waals surface area (Å²) < 4.78 is 4.52. The van der Waals surface area contributed by atoms with E-state index < -0.39 is 0 Å². The van der Waals surface area contributed by atoms with E-state index in [0.29, 0.717) is 11.1 Å². The van der Waals surface area contributed by atoms with Crippen molar-refractivity contribution in [1.29, 1.82) is 0 Å². The Hall–Kier alpha value is -2.70. The minimum atomic E-state index is -0.313. The number of fused-ring (bicyclic) bond motifs is 3. The fourth-order valence-electron chi connectivity index (χ4n) is 4.14. The number of Topliss-reactive ketones (excluding diaryl/α,β-unsaturated/α-hetero) is 2. The lowest BCUT2D eigenvalue weighted by Crippen LogP contribution is -1.99. The molecule has 0 atom stereocenters. The predicted molar refractivity (Wildman–Crippen MR) is 135 cm³/mol. The van der Waals surface area contributed by atoms with E-state index in [2.05, 4.69) is 34.9 Å². The highest BCUT2D eigenvalue weighted by Gasteiger charge is 2.34. The molecule has 0 saturated carbocycles. The molecule has 0 fully saturated rings. The van der Waals surface area contributed by atoms with Crippen molar-refractivity contribution in [2.45, 2.75) is 0 Å². The van der Waals surface area contributed by atoms with Crippen molar-refractivity contribution in [1.82, 2.24) is 4.57 Å². The number of aryl methyl sites for hydroxylation is 1. The van der Waals surface area contributed by atoms with Crippen molar-refractivity contribution in [3.05, 3.63) is 86.2 Å². The molecule has 0 bridgehead atoms. The van der Waals surface area contributed by atoms with Gasteiger partial charge in [0.15, 0.2) is 11.6 Å². The third kappa shape index (κ3) is 2.93. The van der Waals surface area contributed by atoms with E-state index >= 15 is 0 Å². The molecule has 0 radical (unpaired) electrons. The first-order valence-corrected chi connectivity index (χ1v) is 12.2. The van der Waals surface area contributed by atoms with Gasteiger partial charge in [-0.05, 0) is 47.9 Å². The maximum atomic E-state index is 12.8. The molecule has 3 heterocycles. The summed E-state index contributed by atoms with van der Waals surface area (Å²) in [5, 5.41) is 1.77. The first kappa shape index (κ1) is 19.9. The second-order valence-corrected chi connectivity index (χ2v) is 10.7. The molecule has 0 saturated heterocycles. The summed E-state index contributed by atoms with van der Waals surface area (Å²) in [5.74, 6) is -0.626. The van der Waals surface area contributed by atoms with Gasteiger partial charge in [0, 0.05) is 27.8 Å². The van der Waals surface area contributed by atoms with Crippen LogP contribution in [0.25, 0.3) is 36.9 Å². The Labute approximate surface area is 201 Å². The first-order chi connectivity index (χ1) is 15.4. The van der Waals surface area contributed by atoms with Gasteiger partial charge in [0.1, 0.15) is 0 Å². The van der Waals surface area contributed by atoms with Gasteiger partial charge in [-0.2, -0.15) is 0 Å². The zero-order valence-corrected chi connectivity index (χ0v) is 19.8. The molecule has 5 aromatic rings. The number of allylic oxidation sites excluding steroid dienone is 1. The molecule has 0 unspecified atom stereocenters. The molecule has 1 aliphatic carbocycles. The number of thiophene rings is 2. The highest BCUT2D eigenvalue weighted by atomic mass is 35.5. The molecule has 2 aromatic carbocycles. The Bertz CT molecular complexity index is 1580. The van der Waals surface area contributed by atoms with Crippen molar-refractivity contribution in [3.8, 4) is 10.6 Å². The lowest BCUT2D eigenvalue weighted by Gasteiger charge is -2.00. The van der Waals surface area contributed by atoms with E-state index in [1.54, 1.807) is 28.7 Å². The van der Waals surface area contributed by atoms with Crippen LogP contribution in [-0.4, -0.2) is 16.1 Å². The number of benzene rings is 2. The van der Waals surface area contributed by atoms with Crippen LogP contribution in [0.1, 0.15) is 25.6 Å². The van der Waals surface area contributed by atoms with Gasteiger partial charge >= 0.3 is 0 Å². The van der Waals surface area contributed by atoms with Gasteiger partial charge in [0.05, 0.1) is 36.4 Å². The average molecular weight is 494 g/mol. The van der Waals surface area contributed by atoms with Crippen LogP contribution in [0.2, 0.25) is 10.0 Å². The topological polar surface area (TPSA) is 39.1 Å². The maximum absolute atomic E-state index is 12.8. The number of carbonyl (C=O) groups excluding carboxylic acids is 2. The monoisotopic (exact) mass is 493 g/mol. The van der Waals surface area contributed by atoms with Gasteiger partial charge < -0.3 is 4.57 Å². The van der Waals surface area contributed by atoms with Crippen LogP contribution in [0.3, 0.4) is 0 Å². The van der Waals surface area contributed by atoms with Gasteiger partial charge in [-0.1, -0.05) is 41.4 Å². The third-order valence-corrected chi connectivity index (χ3v) is 8.63. The molecule has 1 aliphatic rings. The lowest BCUT2D eigenvalue weighted by atomic mass is 10.1. The van der Waals surface area contributed by atoms with Crippen molar-refractivity contribution < 1.29 is 9.59 Å². The number of carbonyl (C=O) groups is 2. The summed E-state index contributed by atoms with van der Waals surface area (Å²) >= 11 is 15.4. The summed E-state index contributed by atoms with van der Waals surface area (Å²) in [6, 6.07) is 17.7. The summed E-state index contributed by atoms with van der Waals surface area (Å²) in [6.07, 6.45) is 1.68. The Morgan fingerprint density at radius 3 is 2.19 bits per heavy atom. The Morgan fingerprint density at radius 2 is 1.53 bits per heavy atom. The number of rotatable bonds is 2. The van der Waals surface area contributed by atoms with Crippen LogP contribution >= 0.6 is 45.9 Å². The quantitative estimate of drug-likeness (QED) is 0.185.